The summed E-state index contributed by atoms with van der Waals surface area (Å²) < 4.78 is 10.5. The van der Waals surface area contributed by atoms with Crippen molar-refractivity contribution in [2.75, 3.05) is 53.6 Å². The van der Waals surface area contributed by atoms with Crippen molar-refractivity contribution in [3.63, 3.8) is 0 Å². The summed E-state index contributed by atoms with van der Waals surface area (Å²) in [4.78, 5) is 13.8. The predicted molar refractivity (Wildman–Crippen MR) is 69.6 cm³/mol. The highest BCUT2D eigenvalue weighted by Crippen LogP contribution is 2.01. The lowest BCUT2D eigenvalue weighted by Gasteiger charge is -2.30. The van der Waals surface area contributed by atoms with Crippen LogP contribution in [-0.2, 0) is 14.3 Å². The van der Waals surface area contributed by atoms with Crippen LogP contribution in [0.1, 0.15) is 6.92 Å². The molecule has 0 aliphatic carbocycles. The Morgan fingerprint density at radius 1 is 1.61 bits per heavy atom. The lowest BCUT2D eigenvalue weighted by molar-refractivity contribution is -0.121. The summed E-state index contributed by atoms with van der Waals surface area (Å²) in [7, 11) is 3.70. The molecule has 0 aromatic carbocycles. The fourth-order valence-electron chi connectivity index (χ4n) is 1.95. The first-order valence-corrected chi connectivity index (χ1v) is 6.41. The topological polar surface area (TPSA) is 62.8 Å². The zero-order valence-electron chi connectivity index (χ0n) is 11.6. The lowest BCUT2D eigenvalue weighted by atomic mass is 10.3. The molecule has 1 fully saturated rings. The second-order valence-corrected chi connectivity index (χ2v) is 4.81. The van der Waals surface area contributed by atoms with E-state index >= 15 is 0 Å². The first kappa shape index (κ1) is 15.4. The highest BCUT2D eigenvalue weighted by molar-refractivity contribution is 5.78. The number of rotatable bonds is 7. The van der Waals surface area contributed by atoms with E-state index in [4.69, 9.17) is 9.47 Å². The summed E-state index contributed by atoms with van der Waals surface area (Å²) in [6, 6.07) is 0.0429. The van der Waals surface area contributed by atoms with Crippen LogP contribution in [0.15, 0.2) is 0 Å². The number of methoxy groups -OCH3 is 1. The van der Waals surface area contributed by atoms with Gasteiger partial charge in [0.2, 0.25) is 5.91 Å². The number of nitrogens with zero attached hydrogens (tertiary/aromatic N) is 1. The molecule has 18 heavy (non-hydrogen) atoms. The number of carbonyl (C=O) groups is 1. The van der Waals surface area contributed by atoms with Crippen LogP contribution in [0.5, 0.6) is 0 Å². The van der Waals surface area contributed by atoms with Crippen molar-refractivity contribution in [3.8, 4) is 0 Å². The highest BCUT2D eigenvalue weighted by atomic mass is 16.5. The molecule has 2 atom stereocenters. The van der Waals surface area contributed by atoms with Crippen LogP contribution in [0.25, 0.3) is 0 Å². The third-order valence-electron chi connectivity index (χ3n) is 2.82. The van der Waals surface area contributed by atoms with Crippen LogP contribution in [-0.4, -0.2) is 76.5 Å². The largest absolute Gasteiger partial charge is 0.383 e. The van der Waals surface area contributed by atoms with Crippen molar-refractivity contribution in [2.24, 2.45) is 0 Å². The van der Waals surface area contributed by atoms with Gasteiger partial charge in [-0.25, -0.2) is 0 Å². The van der Waals surface area contributed by atoms with Gasteiger partial charge in [-0.1, -0.05) is 0 Å². The number of carbonyl (C=O) groups excluding carboxylic acids is 1. The van der Waals surface area contributed by atoms with Gasteiger partial charge in [-0.15, -0.1) is 0 Å². The molecule has 0 aromatic heterocycles. The Morgan fingerprint density at radius 3 is 3.06 bits per heavy atom. The van der Waals surface area contributed by atoms with Crippen molar-refractivity contribution in [1.82, 2.24) is 15.5 Å². The average molecular weight is 259 g/mol. The summed E-state index contributed by atoms with van der Waals surface area (Å²) in [5, 5.41) is 5.97. The van der Waals surface area contributed by atoms with E-state index in [2.05, 4.69) is 22.6 Å². The molecule has 2 N–H and O–H groups in total. The van der Waals surface area contributed by atoms with Gasteiger partial charge >= 0.3 is 0 Å². The standard InChI is InChI=1S/C12H25N3O3/c1-10(9-17-3)14-12(16)7-13-6-11-8-15(2)4-5-18-11/h10-11,13H,4-9H2,1-3H3,(H,14,16). The van der Waals surface area contributed by atoms with E-state index in [0.717, 1.165) is 19.7 Å². The second-order valence-electron chi connectivity index (χ2n) is 4.81. The molecule has 1 amide bonds. The van der Waals surface area contributed by atoms with Gasteiger partial charge in [0.05, 0.1) is 25.9 Å². The van der Waals surface area contributed by atoms with Crippen molar-refractivity contribution >= 4 is 5.91 Å². The number of hydrogen-bond acceptors (Lipinski definition) is 5. The van der Waals surface area contributed by atoms with Crippen LogP contribution in [0.4, 0.5) is 0 Å². The molecule has 0 spiro atoms. The van der Waals surface area contributed by atoms with Gasteiger partial charge in [0.15, 0.2) is 0 Å². The van der Waals surface area contributed by atoms with Crippen molar-refractivity contribution in [1.29, 1.82) is 0 Å². The van der Waals surface area contributed by atoms with Gasteiger partial charge in [-0.05, 0) is 14.0 Å². The normalized spacial score (nSPS) is 22.7. The molecular weight excluding hydrogens is 234 g/mol. The molecular formula is C12H25N3O3. The second kappa shape index (κ2) is 8.42. The van der Waals surface area contributed by atoms with E-state index in [1.54, 1.807) is 7.11 Å². The molecule has 1 aliphatic rings. The Bertz CT molecular complexity index is 251. The van der Waals surface area contributed by atoms with Gasteiger partial charge < -0.3 is 25.0 Å². The quantitative estimate of drug-likeness (QED) is 0.618. The number of hydrogen-bond donors (Lipinski definition) is 2. The summed E-state index contributed by atoms with van der Waals surface area (Å²) in [6.45, 7) is 6.12. The maximum absolute atomic E-state index is 11.6. The van der Waals surface area contributed by atoms with E-state index in [1.807, 2.05) is 6.92 Å². The number of likely N-dealkylation sites (N-methyl/N-ethyl adjacent to an activating group) is 1. The lowest BCUT2D eigenvalue weighted by Crippen LogP contribution is -2.47. The van der Waals surface area contributed by atoms with Crippen molar-refractivity contribution in [3.05, 3.63) is 0 Å². The monoisotopic (exact) mass is 259 g/mol. The molecule has 1 rings (SSSR count). The van der Waals surface area contributed by atoms with Crippen LogP contribution in [0.2, 0.25) is 0 Å². The van der Waals surface area contributed by atoms with Crippen molar-refractivity contribution < 1.29 is 14.3 Å². The third-order valence-corrected chi connectivity index (χ3v) is 2.82. The molecule has 6 nitrogen and oxygen atoms in total. The molecule has 0 aromatic rings. The van der Waals surface area contributed by atoms with Crippen LogP contribution in [0.3, 0.4) is 0 Å². The van der Waals surface area contributed by atoms with Gasteiger partial charge in [-0.2, -0.15) is 0 Å². The van der Waals surface area contributed by atoms with Crippen molar-refractivity contribution in [2.45, 2.75) is 19.1 Å². The van der Waals surface area contributed by atoms with E-state index < -0.39 is 0 Å². The summed E-state index contributed by atoms with van der Waals surface area (Å²) in [6.07, 6.45) is 0.174. The minimum atomic E-state index is -0.0104. The molecule has 0 bridgehead atoms. The highest BCUT2D eigenvalue weighted by Gasteiger charge is 2.17. The minimum absolute atomic E-state index is 0.0104. The van der Waals surface area contributed by atoms with Crippen LogP contribution in [0, 0.1) is 0 Å². The first-order chi connectivity index (χ1) is 8.61. The maximum atomic E-state index is 11.6. The Morgan fingerprint density at radius 2 is 2.39 bits per heavy atom. The summed E-state index contributed by atoms with van der Waals surface area (Å²) in [5.74, 6) is -0.0104. The molecule has 1 heterocycles. The Kier molecular flexibility index (Phi) is 7.19. The molecule has 0 saturated carbocycles. The molecule has 0 radical (unpaired) electrons. The Hall–Kier alpha value is -0.690. The van der Waals surface area contributed by atoms with Gasteiger partial charge in [0.25, 0.3) is 0 Å². The van der Waals surface area contributed by atoms with E-state index in [0.29, 0.717) is 19.7 Å². The molecule has 106 valence electrons. The van der Waals surface area contributed by atoms with Gasteiger partial charge in [0, 0.05) is 32.8 Å². The molecule has 1 aliphatic heterocycles. The van der Waals surface area contributed by atoms with Gasteiger partial charge in [-0.3, -0.25) is 4.79 Å². The minimum Gasteiger partial charge on any atom is -0.383 e. The zero-order valence-corrected chi connectivity index (χ0v) is 11.6. The SMILES string of the molecule is COCC(C)NC(=O)CNCC1CN(C)CCO1. The smallest absolute Gasteiger partial charge is 0.234 e. The maximum Gasteiger partial charge on any atom is 0.234 e. The fraction of sp³-hybridized carbons (Fsp3) is 0.917. The van der Waals surface area contributed by atoms with E-state index in [-0.39, 0.29) is 18.1 Å². The first-order valence-electron chi connectivity index (χ1n) is 6.41. The Balaban J connectivity index is 2.07. The third kappa shape index (κ3) is 6.30. The molecule has 6 heteroatoms. The average Bonchev–Trinajstić information content (AvgIpc) is 2.29. The number of morpholine rings is 1. The Labute approximate surface area is 109 Å². The van der Waals surface area contributed by atoms with Crippen LogP contribution >= 0.6 is 0 Å². The summed E-state index contributed by atoms with van der Waals surface area (Å²) >= 11 is 0. The number of amides is 1. The number of ether oxygens (including phenoxy) is 2. The van der Waals surface area contributed by atoms with Gasteiger partial charge in [0.1, 0.15) is 0 Å². The van der Waals surface area contributed by atoms with E-state index in [1.165, 1.54) is 0 Å². The summed E-state index contributed by atoms with van der Waals surface area (Å²) in [5.41, 5.74) is 0. The molecule has 2 unspecified atom stereocenters. The fourth-order valence-corrected chi connectivity index (χ4v) is 1.95. The zero-order chi connectivity index (χ0) is 13.4. The molecule has 1 saturated heterocycles. The predicted octanol–water partition coefficient (Wildman–Crippen LogP) is -0.942. The van der Waals surface area contributed by atoms with Crippen LogP contribution < -0.4 is 10.6 Å². The number of nitrogens with one attached hydrogen (secondary N) is 2. The van der Waals surface area contributed by atoms with E-state index in [9.17, 15) is 4.79 Å².